The topological polar surface area (TPSA) is 63.5 Å². The summed E-state index contributed by atoms with van der Waals surface area (Å²) >= 11 is 0. The summed E-state index contributed by atoms with van der Waals surface area (Å²) < 4.78 is 7.42. The predicted molar refractivity (Wildman–Crippen MR) is 99.9 cm³/mol. The first-order valence-corrected chi connectivity index (χ1v) is 10.2. The molecule has 0 spiro atoms. The van der Waals surface area contributed by atoms with E-state index in [9.17, 15) is 4.79 Å². The molecule has 3 rings (SSSR count). The van der Waals surface area contributed by atoms with Crippen molar-refractivity contribution < 1.29 is 9.53 Å². The molecule has 0 bridgehead atoms. The van der Waals surface area contributed by atoms with Crippen LogP contribution in [-0.2, 0) is 18.3 Å². The van der Waals surface area contributed by atoms with E-state index < -0.39 is 0 Å². The second-order valence-corrected chi connectivity index (χ2v) is 7.60. The summed E-state index contributed by atoms with van der Waals surface area (Å²) in [5.41, 5.74) is 0. The molecule has 0 atom stereocenters. The third-order valence-electron chi connectivity index (χ3n) is 5.61. The molecule has 0 N–H and O–H groups in total. The van der Waals surface area contributed by atoms with Crippen LogP contribution in [0.3, 0.4) is 0 Å². The molecule has 146 valence electrons. The highest BCUT2D eigenvalue weighted by atomic mass is 16.6. The van der Waals surface area contributed by atoms with Crippen molar-refractivity contribution in [1.29, 1.82) is 0 Å². The molecule has 2 aliphatic heterocycles. The normalized spacial score (nSPS) is 20.2. The zero-order valence-corrected chi connectivity index (χ0v) is 16.3. The number of ether oxygens (including phenoxy) is 1. The average Bonchev–Trinajstić information content (AvgIpc) is 2.86. The highest BCUT2D eigenvalue weighted by Gasteiger charge is 2.28. The predicted octanol–water partition coefficient (Wildman–Crippen LogP) is 2.92. The number of amides is 1. The minimum Gasteiger partial charge on any atom is -0.449 e. The van der Waals surface area contributed by atoms with Crippen LogP contribution in [0, 0.1) is 0 Å². The van der Waals surface area contributed by atoms with Gasteiger partial charge in [0.2, 0.25) is 0 Å². The molecule has 1 amide bonds. The van der Waals surface area contributed by atoms with Gasteiger partial charge in [-0.25, -0.2) is 4.79 Å². The Morgan fingerprint density at radius 2 is 1.77 bits per heavy atom. The first kappa shape index (κ1) is 19.1. The lowest BCUT2D eigenvalue weighted by Gasteiger charge is -2.30. The number of aromatic nitrogens is 3. The van der Waals surface area contributed by atoms with Crippen LogP contribution in [0.5, 0.6) is 0 Å². The summed E-state index contributed by atoms with van der Waals surface area (Å²) in [6, 6.07) is 0. The highest BCUT2D eigenvalue weighted by molar-refractivity contribution is 5.67. The van der Waals surface area contributed by atoms with E-state index in [4.69, 9.17) is 4.74 Å². The lowest BCUT2D eigenvalue weighted by Crippen LogP contribution is -2.38. The first-order valence-electron chi connectivity index (χ1n) is 10.2. The molecular weight excluding hydrogens is 330 g/mol. The largest absolute Gasteiger partial charge is 0.449 e. The van der Waals surface area contributed by atoms with Gasteiger partial charge >= 0.3 is 6.09 Å². The lowest BCUT2D eigenvalue weighted by molar-refractivity contribution is 0.0921. The Bertz CT molecular complexity index is 572. The molecular formula is C19H33N5O2. The number of piperidine rings is 1. The lowest BCUT2D eigenvalue weighted by atomic mass is 9.96. The number of nitrogens with zero attached hydrogens (tertiary/aromatic N) is 5. The van der Waals surface area contributed by atoms with E-state index in [1.165, 1.54) is 38.8 Å². The Kier molecular flexibility index (Phi) is 6.88. The number of hydrogen-bond donors (Lipinski definition) is 0. The van der Waals surface area contributed by atoms with Gasteiger partial charge in [-0.3, -0.25) is 4.90 Å². The van der Waals surface area contributed by atoms with Crippen LogP contribution < -0.4 is 0 Å². The number of hydrogen-bond acceptors (Lipinski definition) is 5. The molecule has 1 aromatic rings. The van der Waals surface area contributed by atoms with E-state index in [-0.39, 0.29) is 6.09 Å². The number of carbonyl (C=O) groups is 1. The quantitative estimate of drug-likeness (QED) is 0.805. The van der Waals surface area contributed by atoms with Gasteiger partial charge in [0, 0.05) is 26.1 Å². The van der Waals surface area contributed by atoms with Gasteiger partial charge in [0.15, 0.2) is 0 Å². The Morgan fingerprint density at radius 1 is 1.08 bits per heavy atom. The molecule has 0 radical (unpaired) electrons. The summed E-state index contributed by atoms with van der Waals surface area (Å²) in [6.07, 6.45) is 7.81. The van der Waals surface area contributed by atoms with E-state index in [1.54, 1.807) is 0 Å². The molecule has 3 heterocycles. The summed E-state index contributed by atoms with van der Waals surface area (Å²) in [4.78, 5) is 16.3. The van der Waals surface area contributed by atoms with Crippen LogP contribution in [0.15, 0.2) is 0 Å². The van der Waals surface area contributed by atoms with Crippen molar-refractivity contribution in [3.63, 3.8) is 0 Å². The molecule has 2 aliphatic rings. The maximum absolute atomic E-state index is 12.0. The Balaban J connectivity index is 1.54. The molecule has 0 saturated carbocycles. The van der Waals surface area contributed by atoms with Crippen LogP contribution >= 0.6 is 0 Å². The summed E-state index contributed by atoms with van der Waals surface area (Å²) in [5.74, 6) is 2.50. The van der Waals surface area contributed by atoms with Crippen molar-refractivity contribution in [2.24, 2.45) is 7.05 Å². The Labute approximate surface area is 156 Å². The van der Waals surface area contributed by atoms with Gasteiger partial charge in [0.1, 0.15) is 11.6 Å². The summed E-state index contributed by atoms with van der Waals surface area (Å²) in [6.45, 7) is 7.22. The van der Waals surface area contributed by atoms with E-state index in [1.807, 2.05) is 11.8 Å². The van der Waals surface area contributed by atoms with Crippen molar-refractivity contribution in [3.8, 4) is 0 Å². The standard InChI is InChI=1S/C19H33N5O2/c1-3-14-26-19(25)24-12-8-16(9-13-24)18-21-20-17(22(18)2)15-23-10-6-4-5-7-11-23/h16H,3-15H2,1-2H3. The van der Waals surface area contributed by atoms with Crippen LogP contribution in [0.25, 0.3) is 0 Å². The minimum absolute atomic E-state index is 0.176. The fourth-order valence-corrected chi connectivity index (χ4v) is 3.96. The zero-order chi connectivity index (χ0) is 18.4. The third-order valence-corrected chi connectivity index (χ3v) is 5.61. The van der Waals surface area contributed by atoms with Crippen LogP contribution in [-0.4, -0.2) is 63.4 Å². The number of rotatable bonds is 5. The molecule has 0 aliphatic carbocycles. The Hall–Kier alpha value is -1.63. The summed E-state index contributed by atoms with van der Waals surface area (Å²) in [5, 5.41) is 8.98. The summed E-state index contributed by atoms with van der Waals surface area (Å²) in [7, 11) is 2.09. The first-order chi connectivity index (χ1) is 12.7. The van der Waals surface area contributed by atoms with Crippen LogP contribution in [0.2, 0.25) is 0 Å². The van der Waals surface area contributed by atoms with E-state index >= 15 is 0 Å². The molecule has 7 nitrogen and oxygen atoms in total. The number of carbonyl (C=O) groups excluding carboxylic acids is 1. The van der Waals surface area contributed by atoms with Crippen LogP contribution in [0.1, 0.15) is 69.4 Å². The van der Waals surface area contributed by atoms with Gasteiger partial charge < -0.3 is 14.2 Å². The van der Waals surface area contributed by atoms with Crippen molar-refractivity contribution >= 4 is 6.09 Å². The molecule has 1 aromatic heterocycles. The minimum atomic E-state index is -0.176. The molecule has 7 heteroatoms. The molecule has 26 heavy (non-hydrogen) atoms. The second-order valence-electron chi connectivity index (χ2n) is 7.60. The van der Waals surface area contributed by atoms with Gasteiger partial charge in [-0.05, 0) is 45.2 Å². The average molecular weight is 364 g/mol. The molecule has 2 saturated heterocycles. The SMILES string of the molecule is CCCOC(=O)N1CCC(c2nnc(CN3CCCCCC3)n2C)CC1. The molecule has 0 unspecified atom stereocenters. The van der Waals surface area contributed by atoms with E-state index in [2.05, 4.69) is 26.7 Å². The second kappa shape index (κ2) is 9.35. The van der Waals surface area contributed by atoms with E-state index in [0.29, 0.717) is 12.5 Å². The van der Waals surface area contributed by atoms with Gasteiger partial charge in [-0.15, -0.1) is 10.2 Å². The van der Waals surface area contributed by atoms with Crippen molar-refractivity contribution in [2.45, 2.75) is 64.3 Å². The van der Waals surface area contributed by atoms with E-state index in [0.717, 1.165) is 50.5 Å². The molecule has 2 fully saturated rings. The molecule has 0 aromatic carbocycles. The third kappa shape index (κ3) is 4.75. The monoisotopic (exact) mass is 363 g/mol. The van der Waals surface area contributed by atoms with Gasteiger partial charge in [0.25, 0.3) is 0 Å². The maximum Gasteiger partial charge on any atom is 0.409 e. The van der Waals surface area contributed by atoms with Gasteiger partial charge in [-0.1, -0.05) is 19.8 Å². The fourth-order valence-electron chi connectivity index (χ4n) is 3.96. The zero-order valence-electron chi connectivity index (χ0n) is 16.3. The van der Waals surface area contributed by atoms with Crippen molar-refractivity contribution in [2.75, 3.05) is 32.8 Å². The highest BCUT2D eigenvalue weighted by Crippen LogP contribution is 2.27. The number of likely N-dealkylation sites (tertiary alicyclic amines) is 2. The van der Waals surface area contributed by atoms with Crippen LogP contribution in [0.4, 0.5) is 4.79 Å². The smallest absolute Gasteiger partial charge is 0.409 e. The van der Waals surface area contributed by atoms with Crippen molar-refractivity contribution in [1.82, 2.24) is 24.6 Å². The van der Waals surface area contributed by atoms with Gasteiger partial charge in [0.05, 0.1) is 13.2 Å². The van der Waals surface area contributed by atoms with Gasteiger partial charge in [-0.2, -0.15) is 0 Å². The maximum atomic E-state index is 12.0. The fraction of sp³-hybridized carbons (Fsp3) is 0.842. The van der Waals surface area contributed by atoms with Crippen molar-refractivity contribution in [3.05, 3.63) is 11.6 Å². The Morgan fingerprint density at radius 3 is 2.42 bits per heavy atom.